The number of phenols is 2. The first-order valence-electron chi connectivity index (χ1n) is 19.4. The summed E-state index contributed by atoms with van der Waals surface area (Å²) in [4.78, 5) is 2.39. The predicted molar refractivity (Wildman–Crippen MR) is 230 cm³/mol. The fraction of sp³-hybridized carbons (Fsp3) is 0.469. The normalized spacial score (nSPS) is 13.2. The lowest BCUT2D eigenvalue weighted by molar-refractivity contribution is 0.306. The van der Waals surface area contributed by atoms with E-state index in [-0.39, 0.29) is 16.2 Å². The highest BCUT2D eigenvalue weighted by Gasteiger charge is 2.28. The van der Waals surface area contributed by atoms with Gasteiger partial charge in [-0.05, 0) is 141 Å². The number of rotatable bonds is 11. The standard InChI is InChI=1S/C49H68N2O2/c1-32(2)40-25-35(26-41(44(40)52)47(7,8)9)30-51(31-36-27-42(48(10,11)12)45(53)43(28-36)49(13,14)15)39-22-20-38(21-23-39)50-37-18-16-34(17-19-37)24-33(3)29-46(4,5)6/h16-23,25-28,33,50,52-53H,1,24,29-31H2,2-15H3. The van der Waals surface area contributed by atoms with E-state index in [2.05, 4.69) is 180 Å². The van der Waals surface area contributed by atoms with Gasteiger partial charge in [-0.1, -0.05) is 109 Å². The van der Waals surface area contributed by atoms with Crippen molar-refractivity contribution in [1.82, 2.24) is 0 Å². The summed E-state index contributed by atoms with van der Waals surface area (Å²) in [5, 5.41) is 26.4. The van der Waals surface area contributed by atoms with Crippen LogP contribution in [-0.4, -0.2) is 10.2 Å². The third kappa shape index (κ3) is 11.2. The van der Waals surface area contributed by atoms with Gasteiger partial charge in [0.2, 0.25) is 0 Å². The van der Waals surface area contributed by atoms with Gasteiger partial charge in [-0.2, -0.15) is 0 Å². The summed E-state index contributed by atoms with van der Waals surface area (Å²) in [5.41, 5.74) is 10.9. The molecule has 3 N–H and O–H groups in total. The van der Waals surface area contributed by atoms with Gasteiger partial charge >= 0.3 is 0 Å². The highest BCUT2D eigenvalue weighted by atomic mass is 16.3. The van der Waals surface area contributed by atoms with Gasteiger partial charge in [0.05, 0.1) is 0 Å². The van der Waals surface area contributed by atoms with E-state index in [0.717, 1.165) is 62.4 Å². The second-order valence-corrected chi connectivity index (χ2v) is 19.9. The maximum absolute atomic E-state index is 11.5. The fourth-order valence-electron chi connectivity index (χ4n) is 7.46. The van der Waals surface area contributed by atoms with Crippen molar-refractivity contribution in [3.63, 3.8) is 0 Å². The Morgan fingerprint density at radius 2 is 1.04 bits per heavy atom. The number of phenolic OH excluding ortho intramolecular Hbond substituents is 2. The van der Waals surface area contributed by atoms with Crippen LogP contribution in [0.1, 0.15) is 142 Å². The molecule has 0 aliphatic carbocycles. The molecule has 4 rings (SSSR count). The summed E-state index contributed by atoms with van der Waals surface area (Å²) >= 11 is 0. The topological polar surface area (TPSA) is 55.7 Å². The Balaban J connectivity index is 1.72. The molecular formula is C49H68N2O2. The van der Waals surface area contributed by atoms with Crippen LogP contribution >= 0.6 is 0 Å². The molecule has 0 saturated carbocycles. The summed E-state index contributed by atoms with van der Waals surface area (Å²) < 4.78 is 0. The maximum Gasteiger partial charge on any atom is 0.126 e. The van der Waals surface area contributed by atoms with Gasteiger partial charge in [-0.15, -0.1) is 0 Å². The Morgan fingerprint density at radius 1 is 0.623 bits per heavy atom. The summed E-state index contributed by atoms with van der Waals surface area (Å²) in [7, 11) is 0. The first-order chi connectivity index (χ1) is 24.3. The monoisotopic (exact) mass is 717 g/mol. The summed E-state index contributed by atoms with van der Waals surface area (Å²) in [5.74, 6) is 1.34. The molecule has 4 aromatic rings. The van der Waals surface area contributed by atoms with Crippen molar-refractivity contribution < 1.29 is 10.2 Å². The minimum Gasteiger partial charge on any atom is -0.507 e. The first-order valence-corrected chi connectivity index (χ1v) is 19.4. The van der Waals surface area contributed by atoms with Gasteiger partial charge in [-0.3, -0.25) is 0 Å². The number of hydrogen-bond donors (Lipinski definition) is 3. The summed E-state index contributed by atoms with van der Waals surface area (Å²) in [6.45, 7) is 36.1. The zero-order valence-corrected chi connectivity index (χ0v) is 35.4. The van der Waals surface area contributed by atoms with Crippen molar-refractivity contribution in [3.05, 3.63) is 118 Å². The molecule has 53 heavy (non-hydrogen) atoms. The molecule has 0 aromatic heterocycles. The smallest absolute Gasteiger partial charge is 0.126 e. The van der Waals surface area contributed by atoms with Gasteiger partial charge in [0.15, 0.2) is 0 Å². The number of hydrogen-bond acceptors (Lipinski definition) is 4. The van der Waals surface area contributed by atoms with Crippen LogP contribution in [0.3, 0.4) is 0 Å². The van der Waals surface area contributed by atoms with Crippen LogP contribution in [-0.2, 0) is 35.8 Å². The molecule has 0 heterocycles. The molecule has 0 saturated heterocycles. The Hall–Kier alpha value is -4.18. The molecule has 0 amide bonds. The van der Waals surface area contributed by atoms with E-state index in [9.17, 15) is 10.2 Å². The molecule has 0 fully saturated rings. The Morgan fingerprint density at radius 3 is 1.45 bits per heavy atom. The Labute approximate surface area is 322 Å². The van der Waals surface area contributed by atoms with E-state index >= 15 is 0 Å². The van der Waals surface area contributed by atoms with E-state index in [1.807, 2.05) is 6.92 Å². The predicted octanol–water partition coefficient (Wildman–Crippen LogP) is 13.6. The SMILES string of the molecule is C=C(C)c1cc(CN(Cc2cc(C(C)(C)C)c(O)c(C(C)(C)C)c2)c2ccc(Nc3ccc(CC(C)CC(C)(C)C)cc3)cc2)cc(C(C)(C)C)c1O. The second kappa shape index (κ2) is 15.7. The molecule has 286 valence electrons. The van der Waals surface area contributed by atoms with Gasteiger partial charge in [0, 0.05) is 41.3 Å². The van der Waals surface area contributed by atoms with E-state index in [1.165, 1.54) is 12.0 Å². The van der Waals surface area contributed by atoms with Crippen LogP contribution in [0.25, 0.3) is 5.57 Å². The zero-order valence-electron chi connectivity index (χ0n) is 35.4. The van der Waals surface area contributed by atoms with Gasteiger partial charge in [-0.25, -0.2) is 0 Å². The van der Waals surface area contributed by atoms with Gasteiger partial charge < -0.3 is 20.4 Å². The number of benzene rings is 4. The first kappa shape index (κ1) is 41.6. The highest BCUT2D eigenvalue weighted by molar-refractivity contribution is 5.70. The Bertz CT molecular complexity index is 1840. The van der Waals surface area contributed by atoms with Crippen LogP contribution in [0.2, 0.25) is 0 Å². The molecule has 0 aliphatic heterocycles. The number of nitrogens with one attached hydrogen (secondary N) is 1. The number of anilines is 3. The summed E-state index contributed by atoms with van der Waals surface area (Å²) in [6, 6.07) is 26.1. The zero-order chi connectivity index (χ0) is 39.7. The average Bonchev–Trinajstić information content (AvgIpc) is 3.00. The average molecular weight is 717 g/mol. The van der Waals surface area contributed by atoms with Crippen LogP contribution in [0.4, 0.5) is 17.1 Å². The van der Waals surface area contributed by atoms with Crippen LogP contribution in [0.15, 0.2) is 79.4 Å². The number of nitrogens with zero attached hydrogens (tertiary/aromatic N) is 1. The van der Waals surface area contributed by atoms with Crippen LogP contribution < -0.4 is 10.2 Å². The lowest BCUT2D eigenvalue weighted by Gasteiger charge is -2.31. The second-order valence-electron chi connectivity index (χ2n) is 19.9. The molecule has 0 spiro atoms. The van der Waals surface area contributed by atoms with E-state index in [0.29, 0.717) is 35.9 Å². The highest BCUT2D eigenvalue weighted by Crippen LogP contribution is 2.41. The maximum atomic E-state index is 11.5. The third-order valence-corrected chi connectivity index (χ3v) is 9.99. The van der Waals surface area contributed by atoms with Crippen molar-refractivity contribution in [2.45, 2.75) is 139 Å². The quantitative estimate of drug-likeness (QED) is 0.145. The van der Waals surface area contributed by atoms with Crippen molar-refractivity contribution >= 4 is 22.6 Å². The number of aromatic hydroxyl groups is 2. The molecule has 1 unspecified atom stereocenters. The van der Waals surface area contributed by atoms with Crippen molar-refractivity contribution in [1.29, 1.82) is 0 Å². The third-order valence-electron chi connectivity index (χ3n) is 9.99. The van der Waals surface area contributed by atoms with Crippen molar-refractivity contribution in [2.75, 3.05) is 10.2 Å². The van der Waals surface area contributed by atoms with Crippen LogP contribution in [0.5, 0.6) is 11.5 Å². The lowest BCUT2D eigenvalue weighted by atomic mass is 9.78. The molecule has 4 nitrogen and oxygen atoms in total. The molecule has 0 aliphatic rings. The largest absolute Gasteiger partial charge is 0.507 e. The van der Waals surface area contributed by atoms with Gasteiger partial charge in [0.25, 0.3) is 0 Å². The van der Waals surface area contributed by atoms with Gasteiger partial charge in [0.1, 0.15) is 11.5 Å². The molecule has 0 bridgehead atoms. The molecule has 4 heteroatoms. The minimum absolute atomic E-state index is 0.226. The van der Waals surface area contributed by atoms with Crippen molar-refractivity contribution in [2.24, 2.45) is 11.3 Å². The molecule has 1 atom stereocenters. The summed E-state index contributed by atoms with van der Waals surface area (Å²) in [6.07, 6.45) is 2.29. The molecule has 0 radical (unpaired) electrons. The van der Waals surface area contributed by atoms with E-state index < -0.39 is 0 Å². The van der Waals surface area contributed by atoms with Crippen molar-refractivity contribution in [3.8, 4) is 11.5 Å². The molecule has 4 aromatic carbocycles. The Kier molecular flexibility index (Phi) is 12.3. The molecular weight excluding hydrogens is 649 g/mol. The van der Waals surface area contributed by atoms with Crippen LogP contribution in [0, 0.1) is 11.3 Å². The van der Waals surface area contributed by atoms with E-state index in [1.54, 1.807) is 0 Å². The van der Waals surface area contributed by atoms with E-state index in [4.69, 9.17) is 0 Å². The fourth-order valence-corrected chi connectivity index (χ4v) is 7.46. The number of allylic oxidation sites excluding steroid dienone is 1. The minimum atomic E-state index is -0.245. The lowest BCUT2D eigenvalue weighted by Crippen LogP contribution is -2.24.